The second-order valence-corrected chi connectivity index (χ2v) is 4.52. The Morgan fingerprint density at radius 1 is 1.28 bits per heavy atom. The third-order valence-corrected chi connectivity index (χ3v) is 2.84. The van der Waals surface area contributed by atoms with E-state index in [0.29, 0.717) is 17.4 Å². The molecule has 0 fully saturated rings. The maximum absolute atomic E-state index is 6.08. The van der Waals surface area contributed by atoms with Crippen LogP contribution in [-0.2, 0) is 6.54 Å². The molecule has 102 valence electrons. The molecule has 1 rings (SSSR count). The van der Waals surface area contributed by atoms with Crippen LogP contribution in [-0.4, -0.2) is 20.3 Å². The van der Waals surface area contributed by atoms with Crippen molar-refractivity contribution in [3.05, 3.63) is 22.7 Å². The Hall–Kier alpha value is -0.930. The molecule has 0 unspecified atom stereocenters. The van der Waals surface area contributed by atoms with E-state index in [1.807, 2.05) is 6.07 Å². The van der Waals surface area contributed by atoms with Gasteiger partial charge in [0.25, 0.3) is 0 Å². The van der Waals surface area contributed by atoms with Gasteiger partial charge in [-0.25, -0.2) is 0 Å². The van der Waals surface area contributed by atoms with E-state index in [-0.39, 0.29) is 0 Å². The summed E-state index contributed by atoms with van der Waals surface area (Å²) in [5.74, 6) is 1.50. The molecule has 0 aromatic heterocycles. The lowest BCUT2D eigenvalue weighted by Crippen LogP contribution is -2.13. The van der Waals surface area contributed by atoms with Crippen molar-refractivity contribution < 1.29 is 9.47 Å². The predicted octanol–water partition coefficient (Wildman–Crippen LogP) is 3.64. The first-order chi connectivity index (χ1) is 8.72. The summed E-state index contributed by atoms with van der Waals surface area (Å²) in [7, 11) is 1.63. The molecule has 18 heavy (non-hydrogen) atoms. The predicted molar refractivity (Wildman–Crippen MR) is 75.8 cm³/mol. The molecule has 3 nitrogen and oxygen atoms in total. The molecule has 0 bridgehead atoms. The standard InChI is InChI=1S/C14H22ClNO2/c1-4-6-7-18-14-11(10-16-5-2)8-12(15)9-13(14)17-3/h8-9,16H,4-7,10H2,1-3H3. The molecular weight excluding hydrogens is 250 g/mol. The smallest absolute Gasteiger partial charge is 0.165 e. The van der Waals surface area contributed by atoms with Crippen LogP contribution in [0.15, 0.2) is 12.1 Å². The maximum Gasteiger partial charge on any atom is 0.165 e. The molecule has 1 aromatic rings. The minimum Gasteiger partial charge on any atom is -0.493 e. The fraction of sp³-hybridized carbons (Fsp3) is 0.571. The summed E-state index contributed by atoms with van der Waals surface area (Å²) < 4.78 is 11.2. The van der Waals surface area contributed by atoms with Gasteiger partial charge < -0.3 is 14.8 Å². The lowest BCUT2D eigenvalue weighted by molar-refractivity contribution is 0.284. The van der Waals surface area contributed by atoms with Gasteiger partial charge in [-0.3, -0.25) is 0 Å². The van der Waals surface area contributed by atoms with E-state index in [9.17, 15) is 0 Å². The summed E-state index contributed by atoms with van der Waals surface area (Å²) in [6.07, 6.45) is 2.14. The summed E-state index contributed by atoms with van der Waals surface area (Å²) in [4.78, 5) is 0. The monoisotopic (exact) mass is 271 g/mol. The Bertz CT molecular complexity index is 369. The Labute approximate surface area is 114 Å². The zero-order valence-corrected chi connectivity index (χ0v) is 12.1. The van der Waals surface area contributed by atoms with Gasteiger partial charge >= 0.3 is 0 Å². The van der Waals surface area contributed by atoms with E-state index in [1.165, 1.54) is 0 Å². The molecule has 0 heterocycles. The van der Waals surface area contributed by atoms with Crippen LogP contribution in [0.3, 0.4) is 0 Å². The fourth-order valence-electron chi connectivity index (χ4n) is 1.65. The van der Waals surface area contributed by atoms with Crippen molar-refractivity contribution in [3.63, 3.8) is 0 Å². The summed E-state index contributed by atoms with van der Waals surface area (Å²) in [6.45, 7) is 6.55. The van der Waals surface area contributed by atoms with Crippen molar-refractivity contribution in [1.82, 2.24) is 5.32 Å². The van der Waals surface area contributed by atoms with Crippen molar-refractivity contribution in [1.29, 1.82) is 0 Å². The van der Waals surface area contributed by atoms with Crippen LogP contribution in [0.25, 0.3) is 0 Å². The number of methoxy groups -OCH3 is 1. The second kappa shape index (κ2) is 8.22. The summed E-state index contributed by atoms with van der Waals surface area (Å²) >= 11 is 6.08. The molecule has 4 heteroatoms. The summed E-state index contributed by atoms with van der Waals surface area (Å²) in [5, 5.41) is 3.95. The van der Waals surface area contributed by atoms with Crippen molar-refractivity contribution in [2.75, 3.05) is 20.3 Å². The van der Waals surface area contributed by atoms with Crippen molar-refractivity contribution in [2.45, 2.75) is 33.2 Å². The molecule has 0 aliphatic carbocycles. The van der Waals surface area contributed by atoms with Gasteiger partial charge in [0, 0.05) is 23.2 Å². The van der Waals surface area contributed by atoms with Crippen molar-refractivity contribution >= 4 is 11.6 Å². The number of hydrogen-bond acceptors (Lipinski definition) is 3. The molecule has 0 amide bonds. The molecule has 0 saturated heterocycles. The van der Waals surface area contributed by atoms with Gasteiger partial charge in [0.15, 0.2) is 11.5 Å². The van der Waals surface area contributed by atoms with Crippen LogP contribution in [0.4, 0.5) is 0 Å². The van der Waals surface area contributed by atoms with Crippen molar-refractivity contribution in [2.24, 2.45) is 0 Å². The van der Waals surface area contributed by atoms with E-state index < -0.39 is 0 Å². The summed E-state index contributed by atoms with van der Waals surface area (Å²) in [6, 6.07) is 3.71. The topological polar surface area (TPSA) is 30.5 Å². The van der Waals surface area contributed by atoms with Gasteiger partial charge in [-0.2, -0.15) is 0 Å². The van der Waals surface area contributed by atoms with Crippen LogP contribution in [0.1, 0.15) is 32.3 Å². The molecule has 1 aromatic carbocycles. The van der Waals surface area contributed by atoms with Gasteiger partial charge in [-0.1, -0.05) is 31.9 Å². The number of halogens is 1. The normalized spacial score (nSPS) is 10.4. The number of unbranched alkanes of at least 4 members (excludes halogenated alkanes) is 1. The van der Waals surface area contributed by atoms with Gasteiger partial charge in [0.1, 0.15) is 0 Å². The Morgan fingerprint density at radius 2 is 2.06 bits per heavy atom. The van der Waals surface area contributed by atoms with Crippen LogP contribution in [0.5, 0.6) is 11.5 Å². The Balaban J connectivity index is 2.92. The zero-order valence-electron chi connectivity index (χ0n) is 11.4. The van der Waals surface area contributed by atoms with Gasteiger partial charge in [0.05, 0.1) is 13.7 Å². The third-order valence-electron chi connectivity index (χ3n) is 2.63. The maximum atomic E-state index is 6.08. The SMILES string of the molecule is CCCCOc1c(CNCC)cc(Cl)cc1OC. The van der Waals surface area contributed by atoms with Gasteiger partial charge in [-0.05, 0) is 19.0 Å². The lowest BCUT2D eigenvalue weighted by atomic mass is 10.1. The molecule has 0 spiro atoms. The lowest BCUT2D eigenvalue weighted by Gasteiger charge is -2.16. The molecule has 1 N–H and O–H groups in total. The highest BCUT2D eigenvalue weighted by Gasteiger charge is 2.12. The van der Waals surface area contributed by atoms with Crippen LogP contribution < -0.4 is 14.8 Å². The van der Waals surface area contributed by atoms with E-state index >= 15 is 0 Å². The van der Waals surface area contributed by atoms with E-state index in [1.54, 1.807) is 13.2 Å². The largest absolute Gasteiger partial charge is 0.493 e. The quantitative estimate of drug-likeness (QED) is 0.733. The highest BCUT2D eigenvalue weighted by Crippen LogP contribution is 2.34. The number of nitrogens with one attached hydrogen (secondary N) is 1. The highest BCUT2D eigenvalue weighted by molar-refractivity contribution is 6.30. The first-order valence-corrected chi connectivity index (χ1v) is 6.80. The third kappa shape index (κ3) is 4.39. The molecule has 0 atom stereocenters. The van der Waals surface area contributed by atoms with E-state index in [4.69, 9.17) is 21.1 Å². The molecule has 0 radical (unpaired) electrons. The Morgan fingerprint density at radius 3 is 2.67 bits per heavy atom. The zero-order chi connectivity index (χ0) is 13.4. The number of benzene rings is 1. The van der Waals surface area contributed by atoms with Crippen LogP contribution in [0.2, 0.25) is 5.02 Å². The van der Waals surface area contributed by atoms with Crippen LogP contribution in [0, 0.1) is 0 Å². The van der Waals surface area contributed by atoms with Gasteiger partial charge in [0.2, 0.25) is 0 Å². The first kappa shape index (κ1) is 15.1. The van der Waals surface area contributed by atoms with Crippen LogP contribution >= 0.6 is 11.6 Å². The average Bonchev–Trinajstić information content (AvgIpc) is 2.37. The number of ether oxygens (including phenoxy) is 2. The second-order valence-electron chi connectivity index (χ2n) is 4.08. The molecule has 0 aliphatic heterocycles. The molecule has 0 aliphatic rings. The van der Waals surface area contributed by atoms with E-state index in [0.717, 1.165) is 37.2 Å². The Kier molecular flexibility index (Phi) is 6.91. The number of hydrogen-bond donors (Lipinski definition) is 1. The molecular formula is C14H22ClNO2. The first-order valence-electron chi connectivity index (χ1n) is 6.42. The molecule has 0 saturated carbocycles. The number of rotatable bonds is 8. The van der Waals surface area contributed by atoms with Gasteiger partial charge in [-0.15, -0.1) is 0 Å². The van der Waals surface area contributed by atoms with Crippen molar-refractivity contribution in [3.8, 4) is 11.5 Å². The summed E-state index contributed by atoms with van der Waals surface area (Å²) in [5.41, 5.74) is 1.04. The minimum absolute atomic E-state index is 0.669. The fourth-order valence-corrected chi connectivity index (χ4v) is 1.88. The highest BCUT2D eigenvalue weighted by atomic mass is 35.5. The van der Waals surface area contributed by atoms with E-state index in [2.05, 4.69) is 19.2 Å². The average molecular weight is 272 g/mol. The minimum atomic E-state index is 0.669.